The van der Waals surface area contributed by atoms with Crippen molar-refractivity contribution >= 4 is 85.4 Å². The first kappa shape index (κ1) is 28.0. The summed E-state index contributed by atoms with van der Waals surface area (Å²) in [5.74, 6) is 0. The molecule has 0 amide bonds. The molecule has 0 atom stereocenters. The molecule has 1 heterocycles. The van der Waals surface area contributed by atoms with Crippen LogP contribution in [0.2, 0.25) is 0 Å². The van der Waals surface area contributed by atoms with E-state index in [1.807, 2.05) is 54.6 Å². The van der Waals surface area contributed by atoms with E-state index >= 15 is 0 Å². The minimum absolute atomic E-state index is 0.275. The van der Waals surface area contributed by atoms with Crippen LogP contribution in [0.25, 0.3) is 86.8 Å². The molecule has 0 aliphatic heterocycles. The molecule has 0 aliphatic rings. The van der Waals surface area contributed by atoms with Gasteiger partial charge in [0.05, 0.1) is 21.0 Å². The Hall–Kier alpha value is -6.10. The lowest BCUT2D eigenvalue weighted by atomic mass is 9.86. The van der Waals surface area contributed by atoms with Gasteiger partial charge in [-0.25, -0.2) is 13.4 Å². The molecule has 10 aromatic rings. The van der Waals surface area contributed by atoms with Gasteiger partial charge in [-0.05, 0) is 61.3 Å². The van der Waals surface area contributed by atoms with E-state index in [9.17, 15) is 8.42 Å². The molecular weight excluding hydrogens is 619 g/mol. The molecule has 3 nitrogen and oxygen atoms in total. The number of benzene rings is 9. The van der Waals surface area contributed by atoms with Gasteiger partial charge in [0.15, 0.2) is 0 Å². The quantitative estimate of drug-likeness (QED) is 0.142. The number of hydrogen-bond donors (Lipinski definition) is 0. The van der Waals surface area contributed by atoms with E-state index < -0.39 is 9.84 Å². The first-order valence-corrected chi connectivity index (χ1v) is 17.9. The van der Waals surface area contributed by atoms with Gasteiger partial charge in [0.2, 0.25) is 9.84 Å². The number of aromatic nitrogens is 1. The van der Waals surface area contributed by atoms with Crippen molar-refractivity contribution in [2.45, 2.75) is 9.79 Å². The SMILES string of the molecule is O=S(=O)(c1ccccc1)c1c2ccccc2c(-c2nc3ccc4ccccc4c3c3c4ccccc4c4ccccc4c23)c2ccccc12. The van der Waals surface area contributed by atoms with Gasteiger partial charge in [-0.3, -0.25) is 0 Å². The highest BCUT2D eigenvalue weighted by Gasteiger charge is 2.28. The third kappa shape index (κ3) is 3.95. The number of sulfone groups is 1. The van der Waals surface area contributed by atoms with Crippen LogP contribution in [-0.4, -0.2) is 13.4 Å². The number of fused-ring (bicyclic) bond motifs is 12. The summed E-state index contributed by atoms with van der Waals surface area (Å²) in [7, 11) is -3.88. The molecule has 4 heteroatoms. The van der Waals surface area contributed by atoms with Crippen molar-refractivity contribution in [2.24, 2.45) is 0 Å². The second-order valence-electron chi connectivity index (χ2n) is 12.6. The molecule has 0 saturated carbocycles. The molecule has 49 heavy (non-hydrogen) atoms. The van der Waals surface area contributed by atoms with Crippen LogP contribution in [0.1, 0.15) is 0 Å². The Morgan fingerprint density at radius 1 is 0.367 bits per heavy atom. The molecule has 1 aromatic heterocycles. The molecule has 230 valence electrons. The lowest BCUT2D eigenvalue weighted by Gasteiger charge is -2.21. The minimum atomic E-state index is -3.88. The largest absolute Gasteiger partial charge is 0.247 e. The maximum absolute atomic E-state index is 14.5. The highest BCUT2D eigenvalue weighted by molar-refractivity contribution is 7.92. The lowest BCUT2D eigenvalue weighted by molar-refractivity contribution is 0.597. The van der Waals surface area contributed by atoms with Crippen LogP contribution in [0, 0.1) is 0 Å². The molecule has 0 unspecified atom stereocenters. The Labute approximate surface area is 282 Å². The van der Waals surface area contributed by atoms with Crippen molar-refractivity contribution in [3.05, 3.63) is 164 Å². The van der Waals surface area contributed by atoms with Gasteiger partial charge < -0.3 is 0 Å². The monoisotopic (exact) mass is 645 g/mol. The predicted octanol–water partition coefficient (Wildman–Crippen LogP) is 11.7. The first-order chi connectivity index (χ1) is 24.1. The molecule has 0 spiro atoms. The van der Waals surface area contributed by atoms with E-state index in [0.29, 0.717) is 15.7 Å². The molecule has 9 aromatic carbocycles. The summed E-state index contributed by atoms with van der Waals surface area (Å²) in [5, 5.41) is 13.3. The summed E-state index contributed by atoms with van der Waals surface area (Å²) >= 11 is 0. The first-order valence-electron chi connectivity index (χ1n) is 16.4. The van der Waals surface area contributed by atoms with Gasteiger partial charge >= 0.3 is 0 Å². The van der Waals surface area contributed by atoms with E-state index in [1.54, 1.807) is 24.3 Å². The maximum atomic E-state index is 14.5. The predicted molar refractivity (Wildman–Crippen MR) is 204 cm³/mol. The second-order valence-corrected chi connectivity index (χ2v) is 14.5. The van der Waals surface area contributed by atoms with Crippen LogP contribution >= 0.6 is 0 Å². The van der Waals surface area contributed by atoms with Crippen molar-refractivity contribution in [1.82, 2.24) is 4.98 Å². The maximum Gasteiger partial charge on any atom is 0.207 e. The smallest absolute Gasteiger partial charge is 0.207 e. The van der Waals surface area contributed by atoms with Gasteiger partial charge in [-0.1, -0.05) is 146 Å². The van der Waals surface area contributed by atoms with Crippen LogP contribution in [0.4, 0.5) is 0 Å². The zero-order valence-corrected chi connectivity index (χ0v) is 27.1. The molecule has 10 rings (SSSR count). The normalized spacial score (nSPS) is 12.2. The van der Waals surface area contributed by atoms with Crippen LogP contribution in [0.5, 0.6) is 0 Å². The Morgan fingerprint density at radius 3 is 1.45 bits per heavy atom. The minimum Gasteiger partial charge on any atom is -0.247 e. The fraction of sp³-hybridized carbons (Fsp3) is 0. The number of rotatable bonds is 3. The van der Waals surface area contributed by atoms with Crippen molar-refractivity contribution in [3.8, 4) is 11.3 Å². The van der Waals surface area contributed by atoms with Crippen LogP contribution in [0.15, 0.2) is 174 Å². The molecule has 0 bridgehead atoms. The number of hydrogen-bond acceptors (Lipinski definition) is 3. The highest BCUT2D eigenvalue weighted by Crippen LogP contribution is 2.49. The molecule has 0 fully saturated rings. The molecule has 0 aliphatic carbocycles. The lowest BCUT2D eigenvalue weighted by Crippen LogP contribution is -2.05. The summed E-state index contributed by atoms with van der Waals surface area (Å²) in [6.45, 7) is 0. The Bertz CT molecular complexity index is 3050. The Morgan fingerprint density at radius 2 is 0.837 bits per heavy atom. The van der Waals surface area contributed by atoms with Crippen molar-refractivity contribution in [1.29, 1.82) is 0 Å². The van der Waals surface area contributed by atoms with Crippen LogP contribution in [0.3, 0.4) is 0 Å². The fourth-order valence-electron chi connectivity index (χ4n) is 7.97. The van der Waals surface area contributed by atoms with E-state index in [1.165, 1.54) is 5.39 Å². The fourth-order valence-corrected chi connectivity index (χ4v) is 9.66. The van der Waals surface area contributed by atoms with Gasteiger partial charge in [0.25, 0.3) is 0 Å². The van der Waals surface area contributed by atoms with E-state index in [0.717, 1.165) is 70.6 Å². The topological polar surface area (TPSA) is 47.0 Å². The number of pyridine rings is 1. The zero-order valence-electron chi connectivity index (χ0n) is 26.3. The van der Waals surface area contributed by atoms with Crippen LogP contribution in [-0.2, 0) is 9.84 Å². The third-order valence-corrected chi connectivity index (χ3v) is 11.9. The molecular formula is C45H27NO2S. The Kier molecular flexibility index (Phi) is 5.96. The van der Waals surface area contributed by atoms with E-state index in [-0.39, 0.29) is 4.90 Å². The molecule has 0 N–H and O–H groups in total. The van der Waals surface area contributed by atoms with Crippen molar-refractivity contribution in [3.63, 3.8) is 0 Å². The van der Waals surface area contributed by atoms with Gasteiger partial charge in [0.1, 0.15) is 0 Å². The third-order valence-electron chi connectivity index (χ3n) is 10.0. The van der Waals surface area contributed by atoms with E-state index in [2.05, 4.69) is 84.9 Å². The second kappa shape index (κ2) is 10.4. The number of nitrogens with zero attached hydrogens (tertiary/aromatic N) is 1. The summed E-state index contributed by atoms with van der Waals surface area (Å²) < 4.78 is 29.1. The molecule has 0 radical (unpaired) electrons. The average molecular weight is 646 g/mol. The van der Waals surface area contributed by atoms with Crippen molar-refractivity contribution in [2.75, 3.05) is 0 Å². The summed E-state index contributed by atoms with van der Waals surface area (Å²) in [6.07, 6.45) is 0. The Balaban J connectivity index is 1.49. The van der Waals surface area contributed by atoms with Gasteiger partial charge in [-0.15, -0.1) is 0 Å². The standard InChI is InChI=1S/C45H27NO2S/c47-49(48,29-15-2-1-3-16-29)45-37-24-12-10-22-35(37)40(36-23-11-13-25-38(36)45)44-43-34-21-9-7-19-32(34)31-18-6-8-20-33(31)42(43)41-30-17-5-4-14-28(30)26-27-39(41)46-44/h1-27H. The average Bonchev–Trinajstić information content (AvgIpc) is 3.16. The van der Waals surface area contributed by atoms with Gasteiger partial charge in [-0.2, -0.15) is 0 Å². The van der Waals surface area contributed by atoms with E-state index in [4.69, 9.17) is 4.98 Å². The summed E-state index contributed by atoms with van der Waals surface area (Å²) in [6, 6.07) is 54.6. The summed E-state index contributed by atoms with van der Waals surface area (Å²) in [4.78, 5) is 6.18. The molecule has 0 saturated heterocycles. The highest BCUT2D eigenvalue weighted by atomic mass is 32.2. The van der Waals surface area contributed by atoms with Gasteiger partial charge in [0, 0.05) is 32.5 Å². The van der Waals surface area contributed by atoms with Crippen LogP contribution < -0.4 is 0 Å². The zero-order chi connectivity index (χ0) is 32.7. The summed E-state index contributed by atoms with van der Waals surface area (Å²) in [5.41, 5.74) is 2.67. The van der Waals surface area contributed by atoms with Crippen molar-refractivity contribution < 1.29 is 8.42 Å².